The highest BCUT2D eigenvalue weighted by Gasteiger charge is 2.62. The zero-order chi connectivity index (χ0) is 29.0. The molecule has 3 aromatic rings. The van der Waals surface area contributed by atoms with Crippen LogP contribution in [0.4, 0.5) is 18.9 Å². The first-order chi connectivity index (χ1) is 18.8. The van der Waals surface area contributed by atoms with E-state index in [0.717, 1.165) is 30.5 Å². The van der Waals surface area contributed by atoms with Crippen LogP contribution in [0, 0.1) is 35.2 Å². The van der Waals surface area contributed by atoms with Crippen LogP contribution in [-0.4, -0.2) is 40.4 Å². The fourth-order valence-electron chi connectivity index (χ4n) is 6.25. The Morgan fingerprint density at radius 2 is 1.82 bits per heavy atom. The molecule has 2 bridgehead atoms. The molecule has 7 nitrogen and oxygen atoms in total. The highest BCUT2D eigenvalue weighted by atomic mass is 35.5. The van der Waals surface area contributed by atoms with Crippen molar-refractivity contribution in [3.05, 3.63) is 88.5 Å². The van der Waals surface area contributed by atoms with Crippen molar-refractivity contribution in [2.45, 2.75) is 48.0 Å². The molecule has 40 heavy (non-hydrogen) atoms. The number of rotatable bonds is 6. The van der Waals surface area contributed by atoms with Gasteiger partial charge in [0.15, 0.2) is 21.5 Å². The number of aromatic nitrogens is 1. The molecule has 3 N–H and O–H groups in total. The predicted octanol–water partition coefficient (Wildman–Crippen LogP) is 5.08. The lowest BCUT2D eigenvalue weighted by atomic mass is 9.69. The van der Waals surface area contributed by atoms with E-state index in [9.17, 15) is 36.6 Å². The van der Waals surface area contributed by atoms with Crippen molar-refractivity contribution < 1.29 is 36.6 Å². The Balaban J connectivity index is 1.41. The van der Waals surface area contributed by atoms with E-state index in [1.54, 1.807) is 0 Å². The van der Waals surface area contributed by atoms with Crippen molar-refractivity contribution in [2.24, 2.45) is 17.8 Å². The summed E-state index contributed by atoms with van der Waals surface area (Å²) in [5.74, 6) is -4.89. The Morgan fingerprint density at radius 1 is 1.07 bits per heavy atom. The molecule has 0 radical (unpaired) electrons. The molecule has 2 aliphatic carbocycles. The number of pyridine rings is 1. The number of fused-ring (bicyclic) bond motifs is 2. The molecule has 0 spiro atoms. The van der Waals surface area contributed by atoms with Gasteiger partial charge in [-0.1, -0.05) is 18.5 Å². The van der Waals surface area contributed by atoms with Crippen molar-refractivity contribution in [3.63, 3.8) is 0 Å². The summed E-state index contributed by atoms with van der Waals surface area (Å²) in [4.78, 5) is 16.4. The smallest absolute Gasteiger partial charge is 0.255 e. The Hall–Kier alpha value is -2.99. The van der Waals surface area contributed by atoms with Crippen LogP contribution in [0.25, 0.3) is 0 Å². The Labute approximate surface area is 233 Å². The third-order valence-electron chi connectivity index (χ3n) is 8.24. The van der Waals surface area contributed by atoms with Gasteiger partial charge in [-0.3, -0.25) is 9.78 Å². The van der Waals surface area contributed by atoms with Gasteiger partial charge < -0.3 is 15.5 Å². The first-order valence-electron chi connectivity index (χ1n) is 12.6. The minimum absolute atomic E-state index is 0.0189. The minimum Gasteiger partial charge on any atom is -0.386 e. The SMILES string of the molecule is C[C@H]1CC2C[C@@H](S(=O)(=O)c3cc(C(=O)Nc4ccc(F)c(F)c4)ccc3Cl)CC1[C@@]2(O)[C@H](O)c1ccc(F)cn1. The third-order valence-corrected chi connectivity index (χ3v) is 10.9. The number of amides is 1. The fraction of sp³-hybridized carbons (Fsp3) is 0.357. The van der Waals surface area contributed by atoms with Crippen LogP contribution in [0.3, 0.4) is 0 Å². The number of nitrogens with zero attached hydrogens (tertiary/aromatic N) is 1. The van der Waals surface area contributed by atoms with E-state index in [1.165, 1.54) is 24.3 Å². The predicted molar refractivity (Wildman–Crippen MR) is 141 cm³/mol. The van der Waals surface area contributed by atoms with Crippen molar-refractivity contribution in [1.82, 2.24) is 4.98 Å². The monoisotopic (exact) mass is 594 g/mol. The first kappa shape index (κ1) is 28.5. The molecule has 2 unspecified atom stereocenters. The van der Waals surface area contributed by atoms with Gasteiger partial charge in [0, 0.05) is 17.3 Å². The lowest BCUT2D eigenvalue weighted by molar-refractivity contribution is -0.149. The van der Waals surface area contributed by atoms with Crippen molar-refractivity contribution >= 4 is 33.0 Å². The molecule has 0 aliphatic heterocycles. The van der Waals surface area contributed by atoms with Gasteiger partial charge in [0.05, 0.1) is 27.1 Å². The molecular weight excluding hydrogens is 569 g/mol. The molecular formula is C28H26ClF3N2O5S. The maximum atomic E-state index is 13.8. The average molecular weight is 595 g/mol. The summed E-state index contributed by atoms with van der Waals surface area (Å²) in [6, 6.07) is 8.97. The number of hydrogen-bond donors (Lipinski definition) is 3. The molecule has 2 saturated carbocycles. The number of hydrogen-bond acceptors (Lipinski definition) is 6. The molecule has 212 valence electrons. The lowest BCUT2D eigenvalue weighted by Gasteiger charge is -2.45. The number of aliphatic hydroxyl groups is 2. The average Bonchev–Trinajstić information content (AvgIpc) is 3.03. The second kappa shape index (κ2) is 10.4. The number of aliphatic hydroxyl groups excluding tert-OH is 1. The molecule has 2 aromatic carbocycles. The van der Waals surface area contributed by atoms with E-state index >= 15 is 0 Å². The zero-order valence-corrected chi connectivity index (χ0v) is 22.8. The molecule has 2 aliphatic rings. The molecule has 1 amide bonds. The van der Waals surface area contributed by atoms with Crippen LogP contribution in [0.2, 0.25) is 5.02 Å². The van der Waals surface area contributed by atoms with Gasteiger partial charge in [-0.15, -0.1) is 0 Å². The second-order valence-electron chi connectivity index (χ2n) is 10.6. The second-order valence-corrected chi connectivity index (χ2v) is 13.2. The molecule has 0 saturated heterocycles. The van der Waals surface area contributed by atoms with Crippen molar-refractivity contribution in [3.8, 4) is 0 Å². The van der Waals surface area contributed by atoms with Gasteiger partial charge in [0.2, 0.25) is 0 Å². The standard InChI is InChI=1S/C28H26ClF3N2O5S/c1-14-8-16-10-19(12-20(14)28(16,37)26(35)24-7-3-17(30)13-33-24)40(38,39)25-9-15(2-5-21(25)29)27(36)34-18-4-6-22(31)23(32)11-18/h2-7,9,11,13-14,16,19-20,26,35,37H,8,10,12H2,1H3,(H,34,36)/t14-,16?,19+,20?,26+,28+/m0/s1. The summed E-state index contributed by atoms with van der Waals surface area (Å²) in [5, 5.41) is 24.2. The van der Waals surface area contributed by atoms with Gasteiger partial charge in [-0.05, 0) is 79.5 Å². The van der Waals surface area contributed by atoms with E-state index in [2.05, 4.69) is 10.3 Å². The highest BCUT2D eigenvalue weighted by Crippen LogP contribution is 2.58. The highest BCUT2D eigenvalue weighted by molar-refractivity contribution is 7.92. The summed E-state index contributed by atoms with van der Waals surface area (Å²) in [6.45, 7) is 1.88. The maximum absolute atomic E-state index is 13.8. The van der Waals surface area contributed by atoms with Gasteiger partial charge in [0.25, 0.3) is 5.91 Å². The van der Waals surface area contributed by atoms with Gasteiger partial charge in [0.1, 0.15) is 17.5 Å². The van der Waals surface area contributed by atoms with Crippen molar-refractivity contribution in [2.75, 3.05) is 5.32 Å². The number of halogens is 4. The molecule has 1 heterocycles. The van der Waals surface area contributed by atoms with E-state index in [4.69, 9.17) is 11.6 Å². The topological polar surface area (TPSA) is 117 Å². The van der Waals surface area contributed by atoms with E-state index in [1.807, 2.05) is 6.92 Å². The third kappa shape index (κ3) is 4.89. The summed E-state index contributed by atoms with van der Waals surface area (Å²) in [7, 11) is -4.11. The zero-order valence-electron chi connectivity index (χ0n) is 21.2. The van der Waals surface area contributed by atoms with Gasteiger partial charge >= 0.3 is 0 Å². The maximum Gasteiger partial charge on any atom is 0.255 e. The Bertz CT molecular complexity index is 1570. The van der Waals surface area contributed by atoms with Crippen LogP contribution in [0.1, 0.15) is 48.3 Å². The van der Waals surface area contributed by atoms with E-state index < -0.39 is 62.0 Å². The molecule has 2 fully saturated rings. The summed E-state index contributed by atoms with van der Waals surface area (Å²) in [6.07, 6.45) is 0.0240. The molecule has 5 rings (SSSR count). The van der Waals surface area contributed by atoms with Crippen LogP contribution < -0.4 is 5.32 Å². The number of sulfone groups is 1. The largest absolute Gasteiger partial charge is 0.386 e. The van der Waals surface area contributed by atoms with E-state index in [-0.39, 0.29) is 45.6 Å². The Kier molecular flexibility index (Phi) is 7.45. The number of nitrogens with one attached hydrogen (secondary N) is 1. The van der Waals surface area contributed by atoms with Gasteiger partial charge in [-0.25, -0.2) is 21.6 Å². The Morgan fingerprint density at radius 3 is 2.48 bits per heavy atom. The summed E-state index contributed by atoms with van der Waals surface area (Å²) >= 11 is 6.29. The van der Waals surface area contributed by atoms with E-state index in [0.29, 0.717) is 6.42 Å². The fourth-order valence-corrected chi connectivity index (χ4v) is 8.62. The molecule has 12 heteroatoms. The number of benzene rings is 2. The summed E-state index contributed by atoms with van der Waals surface area (Å²) in [5.41, 5.74) is -1.65. The van der Waals surface area contributed by atoms with Crippen LogP contribution in [0.15, 0.2) is 59.6 Å². The van der Waals surface area contributed by atoms with Crippen molar-refractivity contribution in [1.29, 1.82) is 0 Å². The normalized spacial score (nSPS) is 26.9. The van der Waals surface area contributed by atoms with Crippen LogP contribution in [0.5, 0.6) is 0 Å². The molecule has 6 atom stereocenters. The van der Waals surface area contributed by atoms with Crippen LogP contribution in [-0.2, 0) is 9.84 Å². The molecule has 1 aromatic heterocycles. The quantitative estimate of drug-likeness (QED) is 0.367. The lowest BCUT2D eigenvalue weighted by Crippen LogP contribution is -2.52. The van der Waals surface area contributed by atoms with Gasteiger partial charge in [-0.2, -0.15) is 0 Å². The number of anilines is 1. The first-order valence-corrected chi connectivity index (χ1v) is 14.6. The minimum atomic E-state index is -4.11. The number of carbonyl (C=O) groups excluding carboxylic acids is 1. The summed E-state index contributed by atoms with van der Waals surface area (Å²) < 4.78 is 67.8. The van der Waals surface area contributed by atoms with Crippen LogP contribution >= 0.6 is 11.6 Å². The number of carbonyl (C=O) groups is 1.